The summed E-state index contributed by atoms with van der Waals surface area (Å²) in [5.41, 5.74) is 0.176. The molecule has 7 nitrogen and oxygen atoms in total. The van der Waals surface area contributed by atoms with Gasteiger partial charge in [-0.05, 0) is 40.2 Å². The molecule has 3 aromatic heterocycles. The monoisotopic (exact) mass is 466 g/mol. The van der Waals surface area contributed by atoms with Gasteiger partial charge in [0, 0.05) is 21.8 Å². The minimum absolute atomic E-state index is 0.0352. The molecule has 0 unspecified atom stereocenters. The van der Waals surface area contributed by atoms with Gasteiger partial charge in [-0.2, -0.15) is 0 Å². The lowest BCUT2D eigenvalue weighted by atomic mass is 10.2. The highest BCUT2D eigenvalue weighted by Crippen LogP contribution is 2.30. The van der Waals surface area contributed by atoms with E-state index >= 15 is 0 Å². The minimum atomic E-state index is -0.586. The lowest BCUT2D eigenvalue weighted by molar-refractivity contribution is 0.394. The second kappa shape index (κ2) is 6.95. The van der Waals surface area contributed by atoms with Crippen LogP contribution < -0.4 is 10.4 Å². The van der Waals surface area contributed by atoms with Gasteiger partial charge in [-0.1, -0.05) is 23.2 Å². The van der Waals surface area contributed by atoms with E-state index in [2.05, 4.69) is 31.0 Å². The predicted octanol–water partition coefficient (Wildman–Crippen LogP) is 4.51. The number of hydrogen-bond donors (Lipinski definition) is 0. The fourth-order valence-corrected chi connectivity index (χ4v) is 3.62. The molecule has 10 heteroatoms. The maximum absolute atomic E-state index is 12.5. The van der Waals surface area contributed by atoms with Crippen LogP contribution >= 0.6 is 39.1 Å². The Bertz CT molecular complexity index is 1240. The summed E-state index contributed by atoms with van der Waals surface area (Å²) in [5, 5.41) is 5.31. The van der Waals surface area contributed by atoms with E-state index in [-0.39, 0.29) is 17.2 Å². The third kappa shape index (κ3) is 3.20. The van der Waals surface area contributed by atoms with Crippen LogP contribution in [0.2, 0.25) is 10.0 Å². The first-order chi connectivity index (χ1) is 13.0. The van der Waals surface area contributed by atoms with Crippen LogP contribution in [0, 0.1) is 0 Å². The number of benzene rings is 1. The maximum Gasteiger partial charge on any atom is 0.347 e. The Morgan fingerprint density at radius 2 is 2.07 bits per heavy atom. The second-order valence-electron chi connectivity index (χ2n) is 5.38. The van der Waals surface area contributed by atoms with Gasteiger partial charge in [0.1, 0.15) is 5.69 Å². The molecule has 0 aliphatic rings. The number of fused-ring (bicyclic) bond motifs is 1. The van der Waals surface area contributed by atoms with Gasteiger partial charge in [0.25, 0.3) is 0 Å². The summed E-state index contributed by atoms with van der Waals surface area (Å²) < 4.78 is 12.6. The highest BCUT2D eigenvalue weighted by atomic mass is 79.9. The smallest absolute Gasteiger partial charge is 0.347 e. The molecule has 0 radical (unpaired) electrons. The van der Waals surface area contributed by atoms with Crippen LogP contribution in [0.3, 0.4) is 0 Å². The highest BCUT2D eigenvalue weighted by molar-refractivity contribution is 9.10. The molecule has 0 saturated carbocycles. The molecule has 136 valence electrons. The van der Waals surface area contributed by atoms with Crippen LogP contribution in [0.1, 0.15) is 0 Å². The maximum atomic E-state index is 12.5. The van der Waals surface area contributed by atoms with Crippen molar-refractivity contribution in [2.75, 3.05) is 7.11 Å². The summed E-state index contributed by atoms with van der Waals surface area (Å²) >= 11 is 15.6. The SMILES string of the molecule is COc1cc(-c2nc3c(Br)cc(Cl)cc3c(=O)o2)n(-c2ncccc2Cl)n1. The molecule has 0 aliphatic heterocycles. The number of aromatic nitrogens is 4. The molecule has 0 N–H and O–H groups in total. The topological polar surface area (TPSA) is 83.0 Å². The summed E-state index contributed by atoms with van der Waals surface area (Å²) in [5.74, 6) is 0.664. The Morgan fingerprint density at radius 3 is 2.81 bits per heavy atom. The molecule has 0 saturated heterocycles. The van der Waals surface area contributed by atoms with E-state index in [9.17, 15) is 4.79 Å². The highest BCUT2D eigenvalue weighted by Gasteiger charge is 2.20. The Kier molecular flexibility index (Phi) is 4.63. The van der Waals surface area contributed by atoms with Crippen molar-refractivity contribution in [1.82, 2.24) is 19.7 Å². The average molecular weight is 468 g/mol. The molecule has 0 aliphatic carbocycles. The molecule has 0 bridgehead atoms. The van der Waals surface area contributed by atoms with Crippen LogP contribution in [0.15, 0.2) is 50.2 Å². The van der Waals surface area contributed by atoms with Crippen molar-refractivity contribution in [2.24, 2.45) is 0 Å². The van der Waals surface area contributed by atoms with Crippen LogP contribution in [0.4, 0.5) is 0 Å². The van der Waals surface area contributed by atoms with Crippen LogP contribution in [-0.2, 0) is 0 Å². The second-order valence-corrected chi connectivity index (χ2v) is 7.08. The first-order valence-electron chi connectivity index (χ1n) is 7.53. The Hall–Kier alpha value is -2.42. The summed E-state index contributed by atoms with van der Waals surface area (Å²) in [6.07, 6.45) is 1.57. The molecule has 3 heterocycles. The summed E-state index contributed by atoms with van der Waals surface area (Å²) in [6.45, 7) is 0. The molecule has 1 aromatic carbocycles. The molecule has 0 spiro atoms. The fourth-order valence-electron chi connectivity index (χ4n) is 2.52. The van der Waals surface area contributed by atoms with Gasteiger partial charge in [-0.15, -0.1) is 5.10 Å². The van der Waals surface area contributed by atoms with E-state index in [0.29, 0.717) is 31.5 Å². The quantitative estimate of drug-likeness (QED) is 0.440. The van der Waals surface area contributed by atoms with Crippen molar-refractivity contribution >= 4 is 50.0 Å². The predicted molar refractivity (Wildman–Crippen MR) is 105 cm³/mol. The first-order valence-corrected chi connectivity index (χ1v) is 9.08. The normalized spacial score (nSPS) is 11.1. The number of nitrogens with zero attached hydrogens (tertiary/aromatic N) is 4. The van der Waals surface area contributed by atoms with Crippen molar-refractivity contribution in [3.8, 4) is 23.3 Å². The number of hydrogen-bond acceptors (Lipinski definition) is 6. The van der Waals surface area contributed by atoms with Crippen molar-refractivity contribution in [3.05, 3.63) is 61.5 Å². The van der Waals surface area contributed by atoms with E-state index < -0.39 is 5.63 Å². The average Bonchev–Trinajstić information content (AvgIpc) is 3.07. The summed E-state index contributed by atoms with van der Waals surface area (Å²) in [7, 11) is 1.47. The van der Waals surface area contributed by atoms with Crippen molar-refractivity contribution in [1.29, 1.82) is 0 Å². The summed E-state index contributed by atoms with van der Waals surface area (Å²) in [6, 6.07) is 8.09. The Balaban J connectivity index is 2.01. The minimum Gasteiger partial charge on any atom is -0.480 e. The van der Waals surface area contributed by atoms with Crippen LogP contribution in [0.5, 0.6) is 5.88 Å². The third-order valence-corrected chi connectivity index (χ3v) is 4.82. The van der Waals surface area contributed by atoms with Gasteiger partial charge < -0.3 is 9.15 Å². The third-order valence-electron chi connectivity index (χ3n) is 3.71. The van der Waals surface area contributed by atoms with Crippen LogP contribution in [-0.4, -0.2) is 26.9 Å². The Morgan fingerprint density at radius 1 is 1.26 bits per heavy atom. The molecule has 27 heavy (non-hydrogen) atoms. The molecule has 0 fully saturated rings. The zero-order valence-corrected chi connectivity index (χ0v) is 16.7. The van der Waals surface area contributed by atoms with E-state index in [0.717, 1.165) is 0 Å². The number of halogens is 3. The van der Waals surface area contributed by atoms with E-state index in [1.54, 1.807) is 30.5 Å². The van der Waals surface area contributed by atoms with Gasteiger partial charge in [0.15, 0.2) is 5.82 Å². The standard InChI is InChI=1S/C17H9BrCl2N4O3/c1-26-13-7-12(24(23-13)15-11(20)3-2-4-21-15)16-22-14-9(17(25)27-16)5-8(19)6-10(14)18/h2-7H,1H3. The van der Waals surface area contributed by atoms with Crippen molar-refractivity contribution in [3.63, 3.8) is 0 Å². The van der Waals surface area contributed by atoms with E-state index in [1.165, 1.54) is 17.9 Å². The number of methoxy groups -OCH3 is 1. The zero-order valence-electron chi connectivity index (χ0n) is 13.6. The van der Waals surface area contributed by atoms with E-state index in [4.69, 9.17) is 32.4 Å². The molecule has 0 atom stereocenters. The zero-order chi connectivity index (χ0) is 19.1. The molecule has 4 rings (SSSR count). The van der Waals surface area contributed by atoms with Gasteiger partial charge >= 0.3 is 5.63 Å². The van der Waals surface area contributed by atoms with Gasteiger partial charge in [0.2, 0.25) is 11.8 Å². The lowest BCUT2D eigenvalue weighted by Crippen LogP contribution is -2.07. The number of ether oxygens (including phenoxy) is 1. The number of pyridine rings is 1. The largest absolute Gasteiger partial charge is 0.480 e. The fraction of sp³-hybridized carbons (Fsp3) is 0.0588. The van der Waals surface area contributed by atoms with Gasteiger partial charge in [0.05, 0.1) is 23.0 Å². The summed E-state index contributed by atoms with van der Waals surface area (Å²) in [4.78, 5) is 21.2. The lowest BCUT2D eigenvalue weighted by Gasteiger charge is -2.07. The molecular formula is C17H9BrCl2N4O3. The molecule has 4 aromatic rings. The molecule has 0 amide bonds. The molecular weight excluding hydrogens is 459 g/mol. The van der Waals surface area contributed by atoms with Crippen molar-refractivity contribution < 1.29 is 9.15 Å². The van der Waals surface area contributed by atoms with Gasteiger partial charge in [-0.25, -0.2) is 19.4 Å². The Labute approximate surface area is 170 Å². The number of rotatable bonds is 3. The first kappa shape index (κ1) is 18.0. The van der Waals surface area contributed by atoms with Crippen molar-refractivity contribution in [2.45, 2.75) is 0 Å². The van der Waals surface area contributed by atoms with Gasteiger partial charge in [-0.3, -0.25) is 0 Å². The van der Waals surface area contributed by atoms with Crippen LogP contribution in [0.25, 0.3) is 28.3 Å². The van der Waals surface area contributed by atoms with E-state index in [1.807, 2.05) is 0 Å².